The van der Waals surface area contributed by atoms with Gasteiger partial charge in [-0.2, -0.15) is 5.26 Å². The summed E-state index contributed by atoms with van der Waals surface area (Å²) in [7, 11) is 0. The number of pyridine rings is 1. The molecule has 3 aromatic rings. The topological polar surface area (TPSA) is 78.1 Å². The fourth-order valence-corrected chi connectivity index (χ4v) is 4.81. The maximum atomic E-state index is 13.3. The van der Waals surface area contributed by atoms with E-state index >= 15 is 0 Å². The third-order valence-electron chi connectivity index (χ3n) is 6.22. The molecular formula is C25H22N4O2. The normalized spacial score (nSPS) is 19.3. The van der Waals surface area contributed by atoms with Gasteiger partial charge in [-0.1, -0.05) is 30.3 Å². The number of anilines is 1. The number of nitrogens with one attached hydrogen (secondary N) is 1. The quantitative estimate of drug-likeness (QED) is 0.693. The van der Waals surface area contributed by atoms with Crippen LogP contribution in [0.25, 0.3) is 11.1 Å². The number of likely N-dealkylation sites (tertiary alicyclic amines) is 1. The summed E-state index contributed by atoms with van der Waals surface area (Å²) in [6.45, 7) is 1.83. The Balaban J connectivity index is 1.41. The van der Waals surface area contributed by atoms with E-state index in [2.05, 4.69) is 11.4 Å². The van der Waals surface area contributed by atoms with Gasteiger partial charge in [0.05, 0.1) is 11.6 Å². The molecule has 0 spiro atoms. The van der Waals surface area contributed by atoms with E-state index in [4.69, 9.17) is 0 Å². The highest BCUT2D eigenvalue weighted by Crippen LogP contribution is 2.36. The lowest BCUT2D eigenvalue weighted by Gasteiger charge is -2.42. The lowest BCUT2D eigenvalue weighted by atomic mass is 9.83. The summed E-state index contributed by atoms with van der Waals surface area (Å²) in [5.41, 5.74) is 3.65. The van der Waals surface area contributed by atoms with E-state index < -0.39 is 0 Å². The minimum atomic E-state index is -0.0957. The number of hydrogen-bond donors (Lipinski definition) is 1. The van der Waals surface area contributed by atoms with Gasteiger partial charge in [0.15, 0.2) is 0 Å². The first-order valence-electron chi connectivity index (χ1n) is 10.5. The molecule has 2 aliphatic rings. The van der Waals surface area contributed by atoms with Gasteiger partial charge in [-0.15, -0.1) is 0 Å². The van der Waals surface area contributed by atoms with Crippen LogP contribution in [0.2, 0.25) is 0 Å². The van der Waals surface area contributed by atoms with Gasteiger partial charge >= 0.3 is 6.03 Å². The number of carbonyl (C=O) groups excluding carboxylic acids is 1. The van der Waals surface area contributed by atoms with Crippen LogP contribution in [0, 0.1) is 17.2 Å². The highest BCUT2D eigenvalue weighted by molar-refractivity contribution is 5.89. The maximum Gasteiger partial charge on any atom is 0.321 e. The summed E-state index contributed by atoms with van der Waals surface area (Å²) >= 11 is 0. The van der Waals surface area contributed by atoms with Crippen molar-refractivity contribution in [3.05, 3.63) is 88.3 Å². The summed E-state index contributed by atoms with van der Waals surface area (Å²) in [5.74, 6) is 0.382. The predicted molar refractivity (Wildman–Crippen MR) is 119 cm³/mol. The molecule has 154 valence electrons. The number of para-hydroxylation sites is 1. The van der Waals surface area contributed by atoms with Crippen molar-refractivity contribution in [1.82, 2.24) is 9.47 Å². The van der Waals surface area contributed by atoms with Crippen molar-refractivity contribution in [3.63, 3.8) is 0 Å². The third kappa shape index (κ3) is 3.59. The zero-order valence-corrected chi connectivity index (χ0v) is 17.0. The van der Waals surface area contributed by atoms with Gasteiger partial charge in [-0.25, -0.2) is 4.79 Å². The van der Waals surface area contributed by atoms with Crippen molar-refractivity contribution in [2.45, 2.75) is 18.9 Å². The smallest absolute Gasteiger partial charge is 0.321 e. The van der Waals surface area contributed by atoms with Crippen LogP contribution in [0.3, 0.4) is 0 Å². The molecule has 5 rings (SSSR count). The largest absolute Gasteiger partial charge is 0.324 e. The van der Waals surface area contributed by atoms with Crippen molar-refractivity contribution in [2.24, 2.45) is 5.92 Å². The number of rotatable bonds is 2. The molecule has 6 nitrogen and oxygen atoms in total. The van der Waals surface area contributed by atoms with Crippen LogP contribution in [0.15, 0.2) is 71.5 Å². The second-order valence-corrected chi connectivity index (χ2v) is 8.28. The lowest BCUT2D eigenvalue weighted by Crippen LogP contribution is -2.50. The van der Waals surface area contributed by atoms with Gasteiger partial charge < -0.3 is 14.8 Å². The SMILES string of the molecule is N#Cc1cccc(-c2ccc3n(c2=O)C[C@@H]2C[C@@H]3CN(C(=O)Nc3ccccc3)C2)c1. The summed E-state index contributed by atoms with van der Waals surface area (Å²) < 4.78 is 1.87. The van der Waals surface area contributed by atoms with Crippen LogP contribution < -0.4 is 10.9 Å². The molecule has 0 unspecified atom stereocenters. The van der Waals surface area contributed by atoms with E-state index in [9.17, 15) is 14.9 Å². The standard InChI is InChI=1S/C25H22N4O2/c26-13-17-5-4-6-19(11-17)22-9-10-23-20-12-18(15-29(23)24(22)30)14-28(16-20)25(31)27-21-7-2-1-3-8-21/h1-11,18,20H,12,14-16H2,(H,27,31)/t18-,20-/m1/s1. The van der Waals surface area contributed by atoms with Crippen LogP contribution in [0.4, 0.5) is 10.5 Å². The molecule has 2 aromatic carbocycles. The van der Waals surface area contributed by atoms with Crippen LogP contribution in [-0.4, -0.2) is 28.6 Å². The fraction of sp³-hybridized carbons (Fsp3) is 0.240. The van der Waals surface area contributed by atoms with Crippen molar-refractivity contribution in [1.29, 1.82) is 5.26 Å². The van der Waals surface area contributed by atoms with Crippen LogP contribution >= 0.6 is 0 Å². The molecule has 3 heterocycles. The Morgan fingerprint density at radius 3 is 2.65 bits per heavy atom. The molecule has 0 radical (unpaired) electrons. The molecule has 31 heavy (non-hydrogen) atoms. The number of aromatic nitrogens is 1. The minimum absolute atomic E-state index is 0.0236. The molecule has 2 amide bonds. The number of fused-ring (bicyclic) bond motifs is 4. The van der Waals surface area contributed by atoms with Gasteiger partial charge in [-0.05, 0) is 54.3 Å². The van der Waals surface area contributed by atoms with E-state index in [-0.39, 0.29) is 23.4 Å². The molecule has 1 fully saturated rings. The number of nitrogens with zero attached hydrogens (tertiary/aromatic N) is 3. The molecular weight excluding hydrogens is 388 g/mol. The molecule has 6 heteroatoms. The van der Waals surface area contributed by atoms with Gasteiger partial charge in [0.25, 0.3) is 5.56 Å². The van der Waals surface area contributed by atoms with Crippen LogP contribution in [0.5, 0.6) is 0 Å². The highest BCUT2D eigenvalue weighted by atomic mass is 16.2. The van der Waals surface area contributed by atoms with Crippen molar-refractivity contribution >= 4 is 11.7 Å². The number of piperidine rings is 1. The second-order valence-electron chi connectivity index (χ2n) is 8.28. The van der Waals surface area contributed by atoms with Crippen molar-refractivity contribution in [3.8, 4) is 17.2 Å². The van der Waals surface area contributed by atoms with Gasteiger partial charge in [0, 0.05) is 42.5 Å². The molecule has 0 saturated carbocycles. The zero-order chi connectivity index (χ0) is 21.4. The Labute approximate surface area is 180 Å². The lowest BCUT2D eigenvalue weighted by molar-refractivity contribution is 0.139. The number of nitriles is 1. The Morgan fingerprint density at radius 2 is 1.84 bits per heavy atom. The number of benzene rings is 2. The van der Waals surface area contributed by atoms with E-state index in [1.807, 2.05) is 58.0 Å². The summed E-state index contributed by atoms with van der Waals surface area (Å²) in [5, 5.41) is 12.1. The predicted octanol–water partition coefficient (Wildman–Crippen LogP) is 4.04. The fourth-order valence-electron chi connectivity index (χ4n) is 4.81. The highest BCUT2D eigenvalue weighted by Gasteiger charge is 2.36. The van der Waals surface area contributed by atoms with E-state index in [0.717, 1.165) is 23.4 Å². The molecule has 2 aliphatic heterocycles. The Hall–Kier alpha value is -3.85. The second kappa shape index (κ2) is 7.77. The molecule has 2 atom stereocenters. The molecule has 1 saturated heterocycles. The third-order valence-corrected chi connectivity index (χ3v) is 6.22. The zero-order valence-electron chi connectivity index (χ0n) is 17.0. The van der Waals surface area contributed by atoms with Crippen LogP contribution in [-0.2, 0) is 6.54 Å². The first-order valence-corrected chi connectivity index (χ1v) is 10.5. The minimum Gasteiger partial charge on any atom is -0.324 e. The van der Waals surface area contributed by atoms with Crippen molar-refractivity contribution < 1.29 is 4.79 Å². The number of amides is 2. The molecule has 1 N–H and O–H groups in total. The van der Waals surface area contributed by atoms with E-state index in [1.165, 1.54) is 0 Å². The number of hydrogen-bond acceptors (Lipinski definition) is 3. The summed E-state index contributed by atoms with van der Waals surface area (Å²) in [6, 6.07) is 22.5. The van der Waals surface area contributed by atoms with E-state index in [0.29, 0.717) is 30.8 Å². The average Bonchev–Trinajstić information content (AvgIpc) is 2.80. The monoisotopic (exact) mass is 410 g/mol. The molecule has 0 aliphatic carbocycles. The number of urea groups is 1. The van der Waals surface area contributed by atoms with Crippen molar-refractivity contribution in [2.75, 3.05) is 18.4 Å². The summed E-state index contributed by atoms with van der Waals surface area (Å²) in [4.78, 5) is 28.0. The van der Waals surface area contributed by atoms with Gasteiger partial charge in [0.2, 0.25) is 0 Å². The molecule has 1 aromatic heterocycles. The average molecular weight is 410 g/mol. The Bertz CT molecular complexity index is 1240. The Kier molecular flexibility index (Phi) is 4.79. The number of carbonyl (C=O) groups is 1. The summed E-state index contributed by atoms with van der Waals surface area (Å²) in [6.07, 6.45) is 0.984. The van der Waals surface area contributed by atoms with Gasteiger partial charge in [0.1, 0.15) is 0 Å². The maximum absolute atomic E-state index is 13.3. The first-order chi connectivity index (χ1) is 15.1. The van der Waals surface area contributed by atoms with Crippen LogP contribution in [0.1, 0.15) is 23.6 Å². The van der Waals surface area contributed by atoms with Gasteiger partial charge in [-0.3, -0.25) is 4.79 Å². The first kappa shape index (κ1) is 19.1. The van der Waals surface area contributed by atoms with E-state index in [1.54, 1.807) is 18.2 Å². The molecule has 2 bridgehead atoms. The Morgan fingerprint density at radius 1 is 1.00 bits per heavy atom.